The number of nitrogens with two attached hydrogens (primary N) is 1. The van der Waals surface area contributed by atoms with Crippen molar-refractivity contribution in [3.05, 3.63) is 23.0 Å². The number of carbonyl (C=O) groups is 1. The number of nitrogens with zero attached hydrogens (tertiary/aromatic N) is 4. The van der Waals surface area contributed by atoms with E-state index in [1.54, 1.807) is 0 Å². The maximum atomic E-state index is 12.4. The molecule has 0 aliphatic carbocycles. The van der Waals surface area contributed by atoms with Crippen molar-refractivity contribution in [2.45, 2.75) is 15.7 Å². The van der Waals surface area contributed by atoms with Gasteiger partial charge in [-0.2, -0.15) is 13.2 Å². The van der Waals surface area contributed by atoms with Gasteiger partial charge < -0.3 is 5.73 Å². The average Bonchev–Trinajstić information content (AvgIpc) is 2.77. The van der Waals surface area contributed by atoms with Crippen LogP contribution in [0, 0.1) is 0 Å². The number of rotatable bonds is 3. The standard InChI is InChI=1S/C8H4F3N5OS2/c9-8(10,11)3-1-2-13-6(14-3)19-7-16-15-5(18-7)4(12)17/h1-2H,(H2,12,17). The van der Waals surface area contributed by atoms with Crippen LogP contribution in [0.5, 0.6) is 0 Å². The van der Waals surface area contributed by atoms with Gasteiger partial charge in [0, 0.05) is 6.20 Å². The van der Waals surface area contributed by atoms with Crippen molar-refractivity contribution in [1.82, 2.24) is 20.2 Å². The molecule has 6 nitrogen and oxygen atoms in total. The number of hydrogen-bond donors (Lipinski definition) is 1. The third kappa shape index (κ3) is 3.38. The van der Waals surface area contributed by atoms with Gasteiger partial charge >= 0.3 is 6.18 Å². The van der Waals surface area contributed by atoms with Crippen LogP contribution in [-0.2, 0) is 6.18 Å². The zero-order valence-electron chi connectivity index (χ0n) is 8.88. The molecule has 0 unspecified atom stereocenters. The van der Waals surface area contributed by atoms with E-state index in [2.05, 4.69) is 20.2 Å². The summed E-state index contributed by atoms with van der Waals surface area (Å²) in [5.74, 6) is -0.755. The van der Waals surface area contributed by atoms with Crippen LogP contribution in [0.1, 0.15) is 15.5 Å². The van der Waals surface area contributed by atoms with Crippen molar-refractivity contribution in [3.8, 4) is 0 Å². The fourth-order valence-corrected chi connectivity index (χ4v) is 2.53. The van der Waals surface area contributed by atoms with Crippen molar-refractivity contribution in [2.75, 3.05) is 0 Å². The highest BCUT2D eigenvalue weighted by molar-refractivity contribution is 8.00. The van der Waals surface area contributed by atoms with E-state index in [4.69, 9.17) is 5.73 Å². The number of primary amides is 1. The molecule has 0 fully saturated rings. The minimum atomic E-state index is -4.54. The number of hydrogen-bond acceptors (Lipinski definition) is 7. The van der Waals surface area contributed by atoms with Gasteiger partial charge in [0.05, 0.1) is 0 Å². The summed E-state index contributed by atoms with van der Waals surface area (Å²) in [4.78, 5) is 17.8. The Hall–Kier alpha value is -1.75. The van der Waals surface area contributed by atoms with Crippen LogP contribution in [0.3, 0.4) is 0 Å². The molecule has 0 saturated carbocycles. The van der Waals surface area contributed by atoms with Crippen molar-refractivity contribution < 1.29 is 18.0 Å². The fraction of sp³-hybridized carbons (Fsp3) is 0.125. The van der Waals surface area contributed by atoms with Crippen molar-refractivity contribution in [3.63, 3.8) is 0 Å². The van der Waals surface area contributed by atoms with Crippen LogP contribution in [0.2, 0.25) is 0 Å². The molecule has 0 saturated heterocycles. The molecule has 0 spiro atoms. The Balaban J connectivity index is 2.21. The summed E-state index contributed by atoms with van der Waals surface area (Å²) in [6.07, 6.45) is -3.55. The molecular formula is C8H4F3N5OS2. The van der Waals surface area contributed by atoms with Crippen LogP contribution >= 0.6 is 23.1 Å². The lowest BCUT2D eigenvalue weighted by Crippen LogP contribution is -2.10. The molecule has 2 aromatic heterocycles. The molecule has 0 atom stereocenters. The van der Waals surface area contributed by atoms with E-state index in [9.17, 15) is 18.0 Å². The second-order valence-corrected chi connectivity index (χ2v) is 5.25. The summed E-state index contributed by atoms with van der Waals surface area (Å²) in [6, 6.07) is 0.763. The van der Waals surface area contributed by atoms with Crippen LogP contribution < -0.4 is 5.73 Å². The first-order valence-corrected chi connectivity index (χ1v) is 6.21. The van der Waals surface area contributed by atoms with Crippen molar-refractivity contribution >= 4 is 29.0 Å². The second kappa shape index (κ2) is 5.09. The number of carbonyl (C=O) groups excluding carboxylic acids is 1. The zero-order chi connectivity index (χ0) is 14.0. The van der Waals surface area contributed by atoms with Gasteiger partial charge in [0.1, 0.15) is 5.69 Å². The van der Waals surface area contributed by atoms with E-state index in [-0.39, 0.29) is 14.5 Å². The lowest BCUT2D eigenvalue weighted by molar-refractivity contribution is -0.141. The lowest BCUT2D eigenvalue weighted by Gasteiger charge is -2.05. The van der Waals surface area contributed by atoms with E-state index in [1.165, 1.54) is 0 Å². The van der Waals surface area contributed by atoms with Gasteiger partial charge in [-0.25, -0.2) is 9.97 Å². The van der Waals surface area contributed by atoms with E-state index in [0.717, 1.165) is 35.4 Å². The van der Waals surface area contributed by atoms with E-state index >= 15 is 0 Å². The van der Waals surface area contributed by atoms with Crippen molar-refractivity contribution in [2.24, 2.45) is 5.73 Å². The predicted molar refractivity (Wildman–Crippen MR) is 59.6 cm³/mol. The molecule has 0 bridgehead atoms. The van der Waals surface area contributed by atoms with Gasteiger partial charge in [-0.3, -0.25) is 4.79 Å². The minimum absolute atomic E-state index is 0.0329. The SMILES string of the molecule is NC(=O)c1nnc(Sc2nccc(C(F)(F)F)n2)s1. The van der Waals surface area contributed by atoms with Crippen LogP contribution in [-0.4, -0.2) is 26.1 Å². The first-order valence-electron chi connectivity index (χ1n) is 4.57. The molecule has 0 radical (unpaired) electrons. The Labute approximate surface area is 112 Å². The van der Waals surface area contributed by atoms with Gasteiger partial charge in [0.2, 0.25) is 5.01 Å². The predicted octanol–water partition coefficient (Wildman–Crippen LogP) is 1.60. The molecule has 2 heterocycles. The highest BCUT2D eigenvalue weighted by Gasteiger charge is 2.32. The van der Waals surface area contributed by atoms with Gasteiger partial charge in [-0.15, -0.1) is 10.2 Å². The summed E-state index contributed by atoms with van der Waals surface area (Å²) in [5.41, 5.74) is 3.93. The Bertz CT molecular complexity index is 614. The summed E-state index contributed by atoms with van der Waals surface area (Å²) >= 11 is 1.63. The second-order valence-electron chi connectivity index (χ2n) is 3.06. The molecule has 1 amide bonds. The van der Waals surface area contributed by atoms with Gasteiger partial charge in [-0.1, -0.05) is 11.3 Å². The maximum absolute atomic E-state index is 12.4. The van der Waals surface area contributed by atoms with Gasteiger partial charge in [0.25, 0.3) is 5.91 Å². The first-order chi connectivity index (χ1) is 8.86. The molecule has 2 rings (SSSR count). The molecular weight excluding hydrogens is 303 g/mol. The topological polar surface area (TPSA) is 94.7 Å². The molecule has 11 heteroatoms. The number of halogens is 3. The monoisotopic (exact) mass is 307 g/mol. The lowest BCUT2D eigenvalue weighted by atomic mass is 10.4. The minimum Gasteiger partial charge on any atom is -0.363 e. The van der Waals surface area contributed by atoms with Crippen LogP contribution in [0.15, 0.2) is 21.8 Å². The third-order valence-corrected chi connectivity index (χ3v) is 3.59. The Morgan fingerprint density at radius 3 is 2.68 bits per heavy atom. The highest BCUT2D eigenvalue weighted by Crippen LogP contribution is 2.31. The molecule has 0 aromatic carbocycles. The Morgan fingerprint density at radius 1 is 1.37 bits per heavy atom. The van der Waals surface area contributed by atoms with E-state index < -0.39 is 17.8 Å². The van der Waals surface area contributed by atoms with E-state index in [1.807, 2.05) is 0 Å². The Kier molecular flexibility index (Phi) is 3.66. The summed E-state index contributed by atoms with van der Waals surface area (Å²) in [5, 5.41) is 6.90. The molecule has 19 heavy (non-hydrogen) atoms. The summed E-state index contributed by atoms with van der Waals surface area (Å²) in [7, 11) is 0. The largest absolute Gasteiger partial charge is 0.433 e. The highest BCUT2D eigenvalue weighted by atomic mass is 32.2. The number of alkyl halides is 3. The molecule has 100 valence electrons. The average molecular weight is 307 g/mol. The van der Waals surface area contributed by atoms with Gasteiger partial charge in [0.15, 0.2) is 9.50 Å². The third-order valence-electron chi connectivity index (χ3n) is 1.72. The number of aromatic nitrogens is 4. The van der Waals surface area contributed by atoms with Crippen LogP contribution in [0.4, 0.5) is 13.2 Å². The van der Waals surface area contributed by atoms with Crippen molar-refractivity contribution in [1.29, 1.82) is 0 Å². The molecule has 0 aliphatic rings. The maximum Gasteiger partial charge on any atom is 0.433 e. The summed E-state index contributed by atoms with van der Waals surface area (Å²) < 4.78 is 37.5. The van der Waals surface area contributed by atoms with Crippen LogP contribution in [0.25, 0.3) is 0 Å². The summed E-state index contributed by atoms with van der Waals surface area (Å²) in [6.45, 7) is 0. The first kappa shape index (κ1) is 13.7. The normalized spacial score (nSPS) is 11.5. The molecule has 2 aromatic rings. The number of amides is 1. The zero-order valence-corrected chi connectivity index (χ0v) is 10.5. The molecule has 0 aliphatic heterocycles. The van der Waals surface area contributed by atoms with E-state index in [0.29, 0.717) is 0 Å². The fourth-order valence-electron chi connectivity index (χ4n) is 0.977. The van der Waals surface area contributed by atoms with Gasteiger partial charge in [-0.05, 0) is 17.8 Å². The molecule has 2 N–H and O–H groups in total. The smallest absolute Gasteiger partial charge is 0.363 e. The quantitative estimate of drug-likeness (QED) is 0.865. The Morgan fingerprint density at radius 2 is 2.11 bits per heavy atom.